The Bertz CT molecular complexity index is 865. The lowest BCUT2D eigenvalue weighted by molar-refractivity contribution is 0.255. The Morgan fingerprint density at radius 1 is 1.16 bits per heavy atom. The van der Waals surface area contributed by atoms with E-state index in [1.54, 1.807) is 0 Å². The van der Waals surface area contributed by atoms with E-state index in [1.807, 2.05) is 0 Å². The summed E-state index contributed by atoms with van der Waals surface area (Å²) >= 11 is 5.79. The standard InChI is InChI=1S/C17H19ClN4O2S/c1-13-2-4-14(5-3-13)10-22-11-19-17(20-12-22)21-25(23,24)16-8-6-15(18)7-9-16/h2-9H,10-12H2,1H3,(H2,19,20,21). The number of aliphatic imine (C=N–C) groups is 1. The quantitative estimate of drug-likeness (QED) is 0.856. The first-order chi connectivity index (χ1) is 11.9. The van der Waals surface area contributed by atoms with Gasteiger partial charge in [-0.3, -0.25) is 4.90 Å². The third kappa shape index (κ3) is 4.72. The van der Waals surface area contributed by atoms with Crippen LogP contribution in [0, 0.1) is 6.92 Å². The van der Waals surface area contributed by atoms with Gasteiger partial charge in [-0.1, -0.05) is 41.4 Å². The van der Waals surface area contributed by atoms with Gasteiger partial charge in [0.1, 0.15) is 0 Å². The van der Waals surface area contributed by atoms with Gasteiger partial charge < -0.3 is 5.32 Å². The third-order valence-electron chi connectivity index (χ3n) is 3.78. The molecule has 0 bridgehead atoms. The minimum absolute atomic E-state index is 0.142. The maximum atomic E-state index is 12.3. The highest BCUT2D eigenvalue weighted by Crippen LogP contribution is 2.14. The predicted molar refractivity (Wildman–Crippen MR) is 98.8 cm³/mol. The Kier molecular flexibility index (Phi) is 5.27. The van der Waals surface area contributed by atoms with Gasteiger partial charge in [-0.25, -0.2) is 18.1 Å². The van der Waals surface area contributed by atoms with E-state index in [2.05, 4.69) is 51.1 Å². The number of benzene rings is 2. The van der Waals surface area contributed by atoms with Crippen molar-refractivity contribution in [3.63, 3.8) is 0 Å². The monoisotopic (exact) mass is 378 g/mol. The van der Waals surface area contributed by atoms with Crippen molar-refractivity contribution in [1.29, 1.82) is 0 Å². The van der Waals surface area contributed by atoms with Crippen molar-refractivity contribution in [3.05, 3.63) is 64.7 Å². The zero-order valence-corrected chi connectivity index (χ0v) is 15.3. The molecule has 3 rings (SSSR count). The topological polar surface area (TPSA) is 73.8 Å². The lowest BCUT2D eigenvalue weighted by atomic mass is 10.1. The molecular weight excluding hydrogens is 360 g/mol. The molecule has 6 nitrogen and oxygen atoms in total. The van der Waals surface area contributed by atoms with Crippen LogP contribution in [0.4, 0.5) is 0 Å². The SMILES string of the molecule is Cc1ccc(CN2CN=C(NS(=O)(=O)c3ccc(Cl)cc3)NC2)cc1. The first kappa shape index (κ1) is 17.7. The van der Waals surface area contributed by atoms with Crippen molar-refractivity contribution in [1.82, 2.24) is 14.9 Å². The van der Waals surface area contributed by atoms with Crippen LogP contribution in [0.5, 0.6) is 0 Å². The highest BCUT2D eigenvalue weighted by Gasteiger charge is 2.19. The average Bonchev–Trinajstić information content (AvgIpc) is 2.59. The van der Waals surface area contributed by atoms with Gasteiger partial charge in [0.15, 0.2) is 0 Å². The molecule has 0 radical (unpaired) electrons. The van der Waals surface area contributed by atoms with Crippen molar-refractivity contribution in [3.8, 4) is 0 Å². The Balaban J connectivity index is 1.61. The van der Waals surface area contributed by atoms with E-state index in [-0.39, 0.29) is 10.9 Å². The summed E-state index contributed by atoms with van der Waals surface area (Å²) in [5.41, 5.74) is 2.41. The van der Waals surface area contributed by atoms with E-state index < -0.39 is 10.0 Å². The number of aryl methyl sites for hydroxylation is 1. The van der Waals surface area contributed by atoms with Crippen molar-refractivity contribution in [2.75, 3.05) is 13.3 Å². The smallest absolute Gasteiger partial charge is 0.264 e. The predicted octanol–water partition coefficient (Wildman–Crippen LogP) is 2.30. The number of guanidine groups is 1. The van der Waals surface area contributed by atoms with Gasteiger partial charge in [-0.05, 0) is 36.8 Å². The van der Waals surface area contributed by atoms with Crippen LogP contribution in [0.1, 0.15) is 11.1 Å². The van der Waals surface area contributed by atoms with Crippen LogP contribution >= 0.6 is 11.6 Å². The summed E-state index contributed by atoms with van der Waals surface area (Å²) in [5.74, 6) is 0.245. The number of sulfonamides is 1. The van der Waals surface area contributed by atoms with Crippen LogP contribution in [0.2, 0.25) is 5.02 Å². The van der Waals surface area contributed by atoms with Crippen LogP contribution < -0.4 is 10.0 Å². The third-order valence-corrected chi connectivity index (χ3v) is 5.39. The van der Waals surface area contributed by atoms with Crippen molar-refractivity contribution >= 4 is 27.6 Å². The number of nitrogens with one attached hydrogen (secondary N) is 2. The number of rotatable bonds is 4. The molecular formula is C17H19ClN4O2S. The van der Waals surface area contributed by atoms with Crippen molar-refractivity contribution in [2.45, 2.75) is 18.4 Å². The Morgan fingerprint density at radius 2 is 1.84 bits per heavy atom. The molecule has 8 heteroatoms. The Morgan fingerprint density at radius 3 is 2.44 bits per heavy atom. The molecule has 2 N–H and O–H groups in total. The summed E-state index contributed by atoms with van der Waals surface area (Å²) in [5, 5.41) is 3.48. The Hall–Kier alpha value is -2.09. The van der Waals surface area contributed by atoms with E-state index in [9.17, 15) is 8.42 Å². The summed E-state index contributed by atoms with van der Waals surface area (Å²) in [7, 11) is -3.68. The Labute approximate surface area is 152 Å². The molecule has 0 aromatic heterocycles. The first-order valence-electron chi connectivity index (χ1n) is 7.77. The maximum absolute atomic E-state index is 12.3. The molecule has 1 heterocycles. The van der Waals surface area contributed by atoms with E-state index >= 15 is 0 Å². The normalized spacial score (nSPS) is 15.4. The van der Waals surface area contributed by atoms with Crippen LogP contribution in [-0.2, 0) is 16.6 Å². The lowest BCUT2D eigenvalue weighted by Gasteiger charge is -2.27. The second kappa shape index (κ2) is 7.43. The zero-order chi connectivity index (χ0) is 17.9. The number of hydrogen-bond acceptors (Lipinski definition) is 5. The van der Waals surface area contributed by atoms with Crippen LogP contribution in [0.3, 0.4) is 0 Å². The summed E-state index contributed by atoms with van der Waals surface area (Å²) in [4.78, 5) is 6.48. The second-order valence-corrected chi connectivity index (χ2v) is 7.98. The van der Waals surface area contributed by atoms with Crippen LogP contribution in [0.25, 0.3) is 0 Å². The fraction of sp³-hybridized carbons (Fsp3) is 0.235. The van der Waals surface area contributed by atoms with Gasteiger partial charge in [0.25, 0.3) is 10.0 Å². The highest BCUT2D eigenvalue weighted by molar-refractivity contribution is 7.90. The summed E-state index contributed by atoms with van der Waals surface area (Å²) in [6.45, 7) is 3.72. The molecule has 0 atom stereocenters. The van der Waals surface area contributed by atoms with Crippen LogP contribution in [0.15, 0.2) is 58.4 Å². The fourth-order valence-electron chi connectivity index (χ4n) is 2.39. The summed E-state index contributed by atoms with van der Waals surface area (Å²) in [6, 6.07) is 14.3. The zero-order valence-electron chi connectivity index (χ0n) is 13.7. The molecule has 1 aliphatic heterocycles. The largest absolute Gasteiger partial charge is 0.343 e. The molecule has 2 aromatic rings. The number of halogens is 1. The molecule has 2 aromatic carbocycles. The molecule has 0 aliphatic carbocycles. The van der Waals surface area contributed by atoms with E-state index in [0.29, 0.717) is 18.4 Å². The van der Waals surface area contributed by atoms with Crippen molar-refractivity contribution < 1.29 is 8.42 Å². The molecule has 0 amide bonds. The van der Waals surface area contributed by atoms with E-state index in [0.717, 1.165) is 6.54 Å². The molecule has 0 saturated carbocycles. The molecule has 0 saturated heterocycles. The van der Waals surface area contributed by atoms with Crippen molar-refractivity contribution in [2.24, 2.45) is 4.99 Å². The highest BCUT2D eigenvalue weighted by atomic mass is 35.5. The van der Waals surface area contributed by atoms with Gasteiger partial charge in [0.05, 0.1) is 18.2 Å². The molecule has 132 valence electrons. The molecule has 0 spiro atoms. The van der Waals surface area contributed by atoms with E-state index in [1.165, 1.54) is 35.4 Å². The minimum atomic E-state index is -3.68. The van der Waals surface area contributed by atoms with Gasteiger partial charge in [0.2, 0.25) is 5.96 Å². The molecule has 1 aliphatic rings. The number of hydrogen-bond donors (Lipinski definition) is 2. The second-order valence-electron chi connectivity index (χ2n) is 5.86. The minimum Gasteiger partial charge on any atom is -0.343 e. The summed E-state index contributed by atoms with van der Waals surface area (Å²) in [6.07, 6.45) is 0. The van der Waals surface area contributed by atoms with Gasteiger partial charge in [0, 0.05) is 11.6 Å². The van der Waals surface area contributed by atoms with Gasteiger partial charge in [-0.2, -0.15) is 0 Å². The maximum Gasteiger partial charge on any atom is 0.264 e. The molecule has 25 heavy (non-hydrogen) atoms. The lowest BCUT2D eigenvalue weighted by Crippen LogP contribution is -2.49. The first-order valence-corrected chi connectivity index (χ1v) is 9.63. The van der Waals surface area contributed by atoms with Crippen LogP contribution in [-0.4, -0.2) is 32.6 Å². The average molecular weight is 379 g/mol. The van der Waals surface area contributed by atoms with E-state index in [4.69, 9.17) is 11.6 Å². The summed E-state index contributed by atoms with van der Waals surface area (Å²) < 4.78 is 27.1. The molecule has 0 fully saturated rings. The van der Waals surface area contributed by atoms with Gasteiger partial charge >= 0.3 is 0 Å². The van der Waals surface area contributed by atoms with Gasteiger partial charge in [-0.15, -0.1) is 0 Å². The molecule has 0 unspecified atom stereocenters. The number of nitrogens with zero attached hydrogens (tertiary/aromatic N) is 2. The fourth-order valence-corrected chi connectivity index (χ4v) is 3.52.